The van der Waals surface area contributed by atoms with Crippen molar-refractivity contribution in [2.24, 2.45) is 0 Å². The number of non-ortho nitro benzene ring substituents is 1. The number of rotatable bonds is 5. The van der Waals surface area contributed by atoms with Crippen molar-refractivity contribution in [2.75, 3.05) is 13.1 Å². The van der Waals surface area contributed by atoms with Gasteiger partial charge in [0, 0.05) is 37.3 Å². The van der Waals surface area contributed by atoms with Crippen LogP contribution in [0.15, 0.2) is 29.3 Å². The van der Waals surface area contributed by atoms with E-state index in [1.165, 1.54) is 41.9 Å². The molecule has 142 valence electrons. The van der Waals surface area contributed by atoms with Crippen LogP contribution in [0.4, 0.5) is 5.69 Å². The Morgan fingerprint density at radius 1 is 1.26 bits per heavy atom. The van der Waals surface area contributed by atoms with Crippen molar-refractivity contribution in [2.45, 2.75) is 44.3 Å². The summed E-state index contributed by atoms with van der Waals surface area (Å²) in [5.74, 6) is -0.242. The number of piperidine rings is 1. The summed E-state index contributed by atoms with van der Waals surface area (Å²) >= 11 is 0. The summed E-state index contributed by atoms with van der Waals surface area (Å²) in [7, 11) is 0. The zero-order chi connectivity index (χ0) is 19.0. The minimum atomic E-state index is -0.559. The fourth-order valence-electron chi connectivity index (χ4n) is 3.65. The second-order valence-corrected chi connectivity index (χ2v) is 7.25. The smallest absolute Gasteiger partial charge is 0.270 e. The minimum absolute atomic E-state index is 0.123. The Labute approximate surface area is 155 Å². The van der Waals surface area contributed by atoms with Crippen LogP contribution in [0.3, 0.4) is 0 Å². The van der Waals surface area contributed by atoms with E-state index < -0.39 is 10.5 Å². The maximum absolute atomic E-state index is 12.6. The van der Waals surface area contributed by atoms with E-state index >= 15 is 0 Å². The summed E-state index contributed by atoms with van der Waals surface area (Å²) in [5.41, 5.74) is -0.261. The number of carbonyl (C=O) groups is 1. The van der Waals surface area contributed by atoms with Crippen molar-refractivity contribution < 1.29 is 9.72 Å². The van der Waals surface area contributed by atoms with E-state index in [0.717, 1.165) is 32.0 Å². The van der Waals surface area contributed by atoms with Crippen LogP contribution in [0.25, 0.3) is 10.9 Å². The summed E-state index contributed by atoms with van der Waals surface area (Å²) in [6, 6.07) is 4.81. The predicted octanol–water partition coefficient (Wildman–Crippen LogP) is 1.05. The van der Waals surface area contributed by atoms with Crippen molar-refractivity contribution in [3.05, 3.63) is 45.0 Å². The Balaban J connectivity index is 1.43. The van der Waals surface area contributed by atoms with Crippen LogP contribution in [0, 0.1) is 10.1 Å². The van der Waals surface area contributed by atoms with E-state index in [-0.39, 0.29) is 29.6 Å². The number of nitrogens with zero attached hydrogens (tertiary/aromatic N) is 4. The maximum atomic E-state index is 12.6. The summed E-state index contributed by atoms with van der Waals surface area (Å²) in [4.78, 5) is 41.9. The first-order valence-corrected chi connectivity index (χ1v) is 9.18. The Bertz CT molecular complexity index is 944. The molecule has 0 bridgehead atoms. The van der Waals surface area contributed by atoms with Gasteiger partial charge in [-0.05, 0) is 31.7 Å². The number of fused-ring (bicyclic) bond motifs is 1. The molecule has 1 saturated carbocycles. The number of nitro groups is 1. The van der Waals surface area contributed by atoms with E-state index in [2.05, 4.69) is 15.2 Å². The van der Waals surface area contributed by atoms with Gasteiger partial charge in [0.25, 0.3) is 11.2 Å². The fourth-order valence-corrected chi connectivity index (χ4v) is 3.65. The molecule has 0 atom stereocenters. The summed E-state index contributed by atoms with van der Waals surface area (Å²) in [5, 5.41) is 14.0. The first-order valence-electron chi connectivity index (χ1n) is 9.18. The Morgan fingerprint density at radius 2 is 2.00 bits per heavy atom. The molecule has 9 heteroatoms. The van der Waals surface area contributed by atoms with Crippen molar-refractivity contribution in [1.29, 1.82) is 0 Å². The first-order chi connectivity index (χ1) is 13.0. The lowest BCUT2D eigenvalue weighted by atomic mass is 10.0. The number of aromatic nitrogens is 2. The molecule has 2 heterocycles. The highest BCUT2D eigenvalue weighted by atomic mass is 16.6. The molecule has 1 amide bonds. The Hall–Kier alpha value is -2.81. The number of benzene rings is 1. The second-order valence-electron chi connectivity index (χ2n) is 7.25. The molecule has 1 aromatic heterocycles. The average Bonchev–Trinajstić information content (AvgIpc) is 3.49. The number of nitrogens with one attached hydrogen (secondary N) is 1. The van der Waals surface area contributed by atoms with Gasteiger partial charge in [0.05, 0.1) is 22.2 Å². The van der Waals surface area contributed by atoms with Gasteiger partial charge >= 0.3 is 0 Å². The van der Waals surface area contributed by atoms with Crippen LogP contribution >= 0.6 is 0 Å². The highest BCUT2D eigenvalue weighted by molar-refractivity contribution is 5.81. The van der Waals surface area contributed by atoms with E-state index in [0.29, 0.717) is 5.52 Å². The van der Waals surface area contributed by atoms with Gasteiger partial charge in [0.2, 0.25) is 5.91 Å². The van der Waals surface area contributed by atoms with Crippen molar-refractivity contribution >= 4 is 22.5 Å². The summed E-state index contributed by atoms with van der Waals surface area (Å²) in [6.45, 7) is 1.85. The molecule has 2 fully saturated rings. The Kier molecular flexibility index (Phi) is 4.61. The topological polar surface area (TPSA) is 110 Å². The zero-order valence-corrected chi connectivity index (χ0v) is 14.8. The van der Waals surface area contributed by atoms with Crippen molar-refractivity contribution in [3.63, 3.8) is 0 Å². The lowest BCUT2D eigenvalue weighted by Crippen LogP contribution is -2.46. The van der Waals surface area contributed by atoms with Gasteiger partial charge < -0.3 is 10.2 Å². The van der Waals surface area contributed by atoms with Gasteiger partial charge in [0.15, 0.2) is 0 Å². The number of amides is 1. The predicted molar refractivity (Wildman–Crippen MR) is 98.4 cm³/mol. The molecule has 1 aliphatic carbocycles. The van der Waals surface area contributed by atoms with E-state index in [9.17, 15) is 19.7 Å². The van der Waals surface area contributed by atoms with Gasteiger partial charge in [0.1, 0.15) is 6.54 Å². The maximum Gasteiger partial charge on any atom is 0.270 e. The molecule has 1 saturated heterocycles. The number of likely N-dealkylation sites (tertiary alicyclic amines) is 1. The van der Waals surface area contributed by atoms with Gasteiger partial charge in [-0.25, -0.2) is 4.98 Å². The fraction of sp³-hybridized carbons (Fsp3) is 0.500. The first kappa shape index (κ1) is 17.6. The molecule has 9 nitrogen and oxygen atoms in total. The second kappa shape index (κ2) is 7.07. The molecule has 2 aromatic rings. The molecule has 1 aliphatic heterocycles. The van der Waals surface area contributed by atoms with Crippen molar-refractivity contribution in [1.82, 2.24) is 19.8 Å². The molecule has 1 aromatic carbocycles. The number of carbonyl (C=O) groups excluding carboxylic acids is 1. The number of nitro benzene ring substituents is 1. The van der Waals surface area contributed by atoms with Crippen LogP contribution in [-0.2, 0) is 11.3 Å². The highest BCUT2D eigenvalue weighted by Gasteiger charge is 2.32. The summed E-state index contributed by atoms with van der Waals surface area (Å²) in [6.07, 6.45) is 5.71. The molecule has 0 spiro atoms. The third-order valence-electron chi connectivity index (χ3n) is 5.29. The number of hydrogen-bond acceptors (Lipinski definition) is 6. The third kappa shape index (κ3) is 3.82. The van der Waals surface area contributed by atoms with Gasteiger partial charge in [-0.15, -0.1) is 0 Å². The SMILES string of the molecule is O=C(Cn1cnc2ccc([N+](=O)[O-])cc2c1=O)NC1CCN(C2CC2)CC1. The summed E-state index contributed by atoms with van der Waals surface area (Å²) < 4.78 is 1.20. The Morgan fingerprint density at radius 3 is 2.67 bits per heavy atom. The molecule has 0 radical (unpaired) electrons. The van der Waals surface area contributed by atoms with E-state index in [4.69, 9.17) is 0 Å². The third-order valence-corrected chi connectivity index (χ3v) is 5.29. The average molecular weight is 371 g/mol. The van der Waals surface area contributed by atoms with Crippen LogP contribution in [0.1, 0.15) is 25.7 Å². The van der Waals surface area contributed by atoms with Gasteiger partial charge in [-0.2, -0.15) is 0 Å². The van der Waals surface area contributed by atoms with Crippen molar-refractivity contribution in [3.8, 4) is 0 Å². The standard InChI is InChI=1S/C18H21N5O4/c24-17(20-12-5-7-21(8-6-12)13-1-2-13)10-22-11-19-16-4-3-14(23(26)27)9-15(16)18(22)25/h3-4,9,11-13H,1-2,5-8,10H2,(H,20,24). The molecule has 1 N–H and O–H groups in total. The van der Waals surface area contributed by atoms with Crippen LogP contribution in [0.2, 0.25) is 0 Å². The van der Waals surface area contributed by atoms with E-state index in [1.807, 2.05) is 0 Å². The van der Waals surface area contributed by atoms with Gasteiger partial charge in [-0.3, -0.25) is 24.3 Å². The monoisotopic (exact) mass is 371 g/mol. The molecule has 0 unspecified atom stereocenters. The largest absolute Gasteiger partial charge is 0.352 e. The zero-order valence-electron chi connectivity index (χ0n) is 14.8. The van der Waals surface area contributed by atoms with Gasteiger partial charge in [-0.1, -0.05) is 0 Å². The quantitative estimate of drug-likeness (QED) is 0.621. The molecular formula is C18H21N5O4. The normalized spacial score (nSPS) is 18.5. The van der Waals surface area contributed by atoms with E-state index in [1.54, 1.807) is 0 Å². The number of hydrogen-bond donors (Lipinski definition) is 1. The minimum Gasteiger partial charge on any atom is -0.352 e. The lowest BCUT2D eigenvalue weighted by Gasteiger charge is -2.32. The molecular weight excluding hydrogens is 350 g/mol. The molecule has 4 rings (SSSR count). The van der Waals surface area contributed by atoms with Crippen LogP contribution in [0.5, 0.6) is 0 Å². The lowest BCUT2D eigenvalue weighted by molar-refractivity contribution is -0.384. The van der Waals surface area contributed by atoms with Crippen LogP contribution in [-0.4, -0.2) is 50.5 Å². The van der Waals surface area contributed by atoms with Crippen LogP contribution < -0.4 is 10.9 Å². The molecule has 2 aliphatic rings. The highest BCUT2D eigenvalue weighted by Crippen LogP contribution is 2.29. The molecule has 27 heavy (non-hydrogen) atoms.